The summed E-state index contributed by atoms with van der Waals surface area (Å²) in [5.41, 5.74) is 6.88. The molecule has 2 aromatic carbocycles. The zero-order valence-corrected chi connectivity index (χ0v) is 18.6. The van der Waals surface area contributed by atoms with Crippen LogP contribution in [0.2, 0.25) is 0 Å². The van der Waals surface area contributed by atoms with Gasteiger partial charge in [0.15, 0.2) is 0 Å². The number of rotatable bonds is 7. The largest absolute Gasteiger partial charge is 0.369 e. The lowest BCUT2D eigenvalue weighted by molar-refractivity contribution is -0.127. The van der Waals surface area contributed by atoms with E-state index >= 15 is 0 Å². The number of hydrogen-bond acceptors (Lipinski definition) is 3. The second-order valence-corrected chi connectivity index (χ2v) is 8.66. The second-order valence-electron chi connectivity index (χ2n) is 7.75. The summed E-state index contributed by atoms with van der Waals surface area (Å²) in [7, 11) is 0. The zero-order chi connectivity index (χ0) is 22.4. The molecule has 3 rings (SSSR count). The highest BCUT2D eigenvalue weighted by Crippen LogP contribution is 2.20. The first-order chi connectivity index (χ1) is 14.8. The Labute approximate surface area is 189 Å². The summed E-state index contributed by atoms with van der Waals surface area (Å²) in [4.78, 5) is 38.7. The first-order valence-corrected chi connectivity index (χ1v) is 11.0. The molecular weight excluding hydrogens is 465 g/mol. The molecule has 0 aliphatic carbocycles. The van der Waals surface area contributed by atoms with Crippen LogP contribution < -0.4 is 11.1 Å². The maximum absolute atomic E-state index is 13.1. The van der Waals surface area contributed by atoms with Gasteiger partial charge in [0.05, 0.1) is 5.92 Å². The molecule has 0 bridgehead atoms. The fourth-order valence-electron chi connectivity index (χ4n) is 3.67. The third-order valence-electron chi connectivity index (χ3n) is 5.56. The number of carbonyl (C=O) groups is 3. The van der Waals surface area contributed by atoms with Gasteiger partial charge in [0.1, 0.15) is 5.82 Å². The molecule has 1 saturated heterocycles. The van der Waals surface area contributed by atoms with Crippen LogP contribution in [0.4, 0.5) is 4.39 Å². The van der Waals surface area contributed by atoms with E-state index in [0.29, 0.717) is 37.9 Å². The molecule has 3 N–H and O–H groups in total. The van der Waals surface area contributed by atoms with Crippen molar-refractivity contribution in [2.45, 2.75) is 19.3 Å². The number of amides is 3. The highest BCUT2D eigenvalue weighted by Gasteiger charge is 2.28. The lowest BCUT2D eigenvalue weighted by Gasteiger charge is -2.31. The van der Waals surface area contributed by atoms with E-state index in [1.807, 2.05) is 12.1 Å². The molecule has 1 heterocycles. The fourth-order valence-corrected chi connectivity index (χ4v) is 3.93. The molecule has 1 aliphatic heterocycles. The molecule has 1 fully saturated rings. The molecule has 6 nitrogen and oxygen atoms in total. The average molecular weight is 490 g/mol. The van der Waals surface area contributed by atoms with E-state index in [-0.39, 0.29) is 30.1 Å². The molecule has 3 amide bonds. The van der Waals surface area contributed by atoms with Gasteiger partial charge in [-0.1, -0.05) is 28.1 Å². The van der Waals surface area contributed by atoms with Crippen molar-refractivity contribution in [2.24, 2.45) is 17.6 Å². The van der Waals surface area contributed by atoms with Gasteiger partial charge in [-0.3, -0.25) is 14.4 Å². The molecule has 0 saturated carbocycles. The van der Waals surface area contributed by atoms with Crippen LogP contribution in [0, 0.1) is 17.7 Å². The number of piperidine rings is 1. The topological polar surface area (TPSA) is 92.5 Å². The van der Waals surface area contributed by atoms with E-state index in [4.69, 9.17) is 5.73 Å². The van der Waals surface area contributed by atoms with Crippen molar-refractivity contribution in [1.29, 1.82) is 0 Å². The van der Waals surface area contributed by atoms with E-state index in [9.17, 15) is 18.8 Å². The Balaban J connectivity index is 1.48. The Hall–Kier alpha value is -2.74. The van der Waals surface area contributed by atoms with Crippen molar-refractivity contribution in [2.75, 3.05) is 19.6 Å². The Kier molecular flexibility index (Phi) is 7.79. The number of hydrogen-bond donors (Lipinski definition) is 2. The van der Waals surface area contributed by atoms with Crippen LogP contribution in [-0.4, -0.2) is 42.3 Å². The minimum atomic E-state index is -0.575. The van der Waals surface area contributed by atoms with E-state index in [1.165, 1.54) is 12.1 Å². The van der Waals surface area contributed by atoms with Gasteiger partial charge in [0.25, 0.3) is 5.91 Å². The van der Waals surface area contributed by atoms with Crippen LogP contribution in [0.25, 0.3) is 0 Å². The molecule has 1 atom stereocenters. The fraction of sp³-hybridized carbons (Fsp3) is 0.348. The number of carbonyl (C=O) groups excluding carboxylic acids is 3. The predicted molar refractivity (Wildman–Crippen MR) is 119 cm³/mol. The van der Waals surface area contributed by atoms with Crippen molar-refractivity contribution in [1.82, 2.24) is 10.2 Å². The van der Waals surface area contributed by atoms with E-state index in [1.54, 1.807) is 29.2 Å². The van der Waals surface area contributed by atoms with Crippen molar-refractivity contribution < 1.29 is 18.8 Å². The van der Waals surface area contributed by atoms with Gasteiger partial charge < -0.3 is 16.0 Å². The lowest BCUT2D eigenvalue weighted by Crippen LogP contribution is -2.45. The maximum Gasteiger partial charge on any atom is 0.253 e. The number of nitrogens with one attached hydrogen (secondary N) is 1. The molecule has 1 unspecified atom stereocenters. The zero-order valence-electron chi connectivity index (χ0n) is 17.0. The van der Waals surface area contributed by atoms with E-state index < -0.39 is 11.8 Å². The van der Waals surface area contributed by atoms with E-state index in [2.05, 4.69) is 21.2 Å². The standard InChI is InChI=1S/C23H25BrFN3O3/c24-19-5-3-17(4-6-19)23(31)28-11-9-16(10-12-28)22(30)27-14-18(21(26)29)13-15-1-7-20(25)8-2-15/h1-8,16,18H,9-14H2,(H2,26,29)(H,27,30). The Morgan fingerprint density at radius 3 is 2.26 bits per heavy atom. The van der Waals surface area contributed by atoms with E-state index in [0.717, 1.165) is 10.0 Å². The molecule has 8 heteroatoms. The number of primary amides is 1. The molecule has 164 valence electrons. The van der Waals surface area contributed by atoms with Crippen LogP contribution in [0.1, 0.15) is 28.8 Å². The van der Waals surface area contributed by atoms with Crippen LogP contribution in [0.5, 0.6) is 0 Å². The van der Waals surface area contributed by atoms with Gasteiger partial charge in [0, 0.05) is 35.6 Å². The van der Waals surface area contributed by atoms with Crippen LogP contribution in [0.15, 0.2) is 53.0 Å². The minimum absolute atomic E-state index is 0.0422. The number of nitrogens with two attached hydrogens (primary N) is 1. The first kappa shape index (κ1) is 22.9. The summed E-state index contributed by atoms with van der Waals surface area (Å²) in [6, 6.07) is 13.1. The van der Waals surface area contributed by atoms with Crippen LogP contribution in [0.3, 0.4) is 0 Å². The molecule has 2 aromatic rings. The van der Waals surface area contributed by atoms with Gasteiger partial charge in [-0.15, -0.1) is 0 Å². The average Bonchev–Trinajstić information content (AvgIpc) is 2.77. The Morgan fingerprint density at radius 2 is 1.68 bits per heavy atom. The molecule has 0 aromatic heterocycles. The third kappa shape index (κ3) is 6.37. The normalized spacial score (nSPS) is 15.4. The lowest BCUT2D eigenvalue weighted by atomic mass is 9.94. The first-order valence-electron chi connectivity index (χ1n) is 10.2. The van der Waals surface area contributed by atoms with Crippen LogP contribution >= 0.6 is 15.9 Å². The third-order valence-corrected chi connectivity index (χ3v) is 6.09. The molecule has 1 aliphatic rings. The van der Waals surface area contributed by atoms with Crippen molar-refractivity contribution in [3.05, 3.63) is 69.9 Å². The van der Waals surface area contributed by atoms with Crippen molar-refractivity contribution in [3.8, 4) is 0 Å². The quantitative estimate of drug-likeness (QED) is 0.626. The summed E-state index contributed by atoms with van der Waals surface area (Å²) in [6.07, 6.45) is 1.45. The summed E-state index contributed by atoms with van der Waals surface area (Å²) in [5, 5.41) is 2.82. The van der Waals surface area contributed by atoms with Gasteiger partial charge >= 0.3 is 0 Å². The molecule has 0 spiro atoms. The van der Waals surface area contributed by atoms with Crippen LogP contribution in [-0.2, 0) is 16.0 Å². The van der Waals surface area contributed by atoms with Gasteiger partial charge in [-0.05, 0) is 61.2 Å². The molecular formula is C23H25BrFN3O3. The molecule has 0 radical (unpaired) electrons. The summed E-state index contributed by atoms with van der Waals surface area (Å²) < 4.78 is 14.0. The Morgan fingerprint density at radius 1 is 1.06 bits per heavy atom. The SMILES string of the molecule is NC(=O)C(CNC(=O)C1CCN(C(=O)c2ccc(Br)cc2)CC1)Cc1ccc(F)cc1. The molecule has 31 heavy (non-hydrogen) atoms. The number of nitrogens with zero attached hydrogens (tertiary/aromatic N) is 1. The maximum atomic E-state index is 13.1. The van der Waals surface area contributed by atoms with Gasteiger partial charge in [0.2, 0.25) is 11.8 Å². The van der Waals surface area contributed by atoms with Gasteiger partial charge in [-0.2, -0.15) is 0 Å². The highest BCUT2D eigenvalue weighted by atomic mass is 79.9. The van der Waals surface area contributed by atoms with Gasteiger partial charge in [-0.25, -0.2) is 4.39 Å². The number of halogens is 2. The Bertz CT molecular complexity index is 926. The summed E-state index contributed by atoms with van der Waals surface area (Å²) in [6.45, 7) is 1.13. The van der Waals surface area contributed by atoms with Crippen molar-refractivity contribution >= 4 is 33.7 Å². The summed E-state index contributed by atoms with van der Waals surface area (Å²) in [5.74, 6) is -1.83. The minimum Gasteiger partial charge on any atom is -0.369 e. The van der Waals surface area contributed by atoms with Crippen molar-refractivity contribution in [3.63, 3.8) is 0 Å². The number of likely N-dealkylation sites (tertiary alicyclic amines) is 1. The second kappa shape index (κ2) is 10.5. The smallest absolute Gasteiger partial charge is 0.253 e. The highest BCUT2D eigenvalue weighted by molar-refractivity contribution is 9.10. The number of benzene rings is 2. The monoisotopic (exact) mass is 489 g/mol. The summed E-state index contributed by atoms with van der Waals surface area (Å²) >= 11 is 3.36. The predicted octanol–water partition coefficient (Wildman–Crippen LogP) is 2.90.